The number of aromatic nitrogens is 1. The zero-order valence-electron chi connectivity index (χ0n) is 34.4. The maximum absolute atomic E-state index is 6.77. The van der Waals surface area contributed by atoms with E-state index in [1.165, 1.54) is 5.56 Å². The van der Waals surface area contributed by atoms with Gasteiger partial charge in [-0.25, -0.2) is 15.0 Å². The van der Waals surface area contributed by atoms with E-state index in [1.807, 2.05) is 48.5 Å². The van der Waals surface area contributed by atoms with Gasteiger partial charge in [0, 0.05) is 65.5 Å². The first-order chi connectivity index (χ1) is 31.7. The van der Waals surface area contributed by atoms with Gasteiger partial charge in [0.1, 0.15) is 34.3 Å². The minimum Gasteiger partial charge on any atom is -0.456 e. The number of fused-ring (bicyclic) bond motifs is 9. The van der Waals surface area contributed by atoms with E-state index in [2.05, 4.69) is 163 Å². The van der Waals surface area contributed by atoms with Gasteiger partial charge in [0.25, 0.3) is 0 Å². The molecule has 0 aliphatic carbocycles. The van der Waals surface area contributed by atoms with Crippen LogP contribution in [0.4, 0.5) is 0 Å². The van der Waals surface area contributed by atoms with E-state index < -0.39 is 0 Å². The number of furan rings is 2. The molecule has 64 heavy (non-hydrogen) atoms. The van der Waals surface area contributed by atoms with Gasteiger partial charge in [0.05, 0.1) is 11.2 Å². The summed E-state index contributed by atoms with van der Waals surface area (Å²) in [5.41, 5.74) is 13.3. The molecular weight excluding hydrogens is 785 g/mol. The molecule has 0 amide bonds. The Morgan fingerprint density at radius 1 is 0.422 bits per heavy atom. The van der Waals surface area contributed by atoms with E-state index in [-0.39, 0.29) is 6.17 Å². The third kappa shape index (κ3) is 5.84. The molecule has 0 spiro atoms. The average Bonchev–Trinajstić information content (AvgIpc) is 3.94. The predicted molar refractivity (Wildman–Crippen MR) is 262 cm³/mol. The highest BCUT2D eigenvalue weighted by Gasteiger charge is 2.26. The highest BCUT2D eigenvalue weighted by atomic mass is 16.3. The van der Waals surface area contributed by atoms with Crippen molar-refractivity contribution >= 4 is 77.2 Å². The van der Waals surface area contributed by atoms with E-state index in [0.717, 1.165) is 116 Å². The first-order valence-electron chi connectivity index (χ1n) is 21.5. The molecule has 0 radical (unpaired) electrons. The van der Waals surface area contributed by atoms with Gasteiger partial charge in [-0.15, -0.1) is 0 Å². The van der Waals surface area contributed by atoms with Crippen molar-refractivity contribution in [3.8, 4) is 33.5 Å². The van der Waals surface area contributed by atoms with Crippen LogP contribution in [0.2, 0.25) is 0 Å². The van der Waals surface area contributed by atoms with Gasteiger partial charge < -0.3 is 14.2 Å². The van der Waals surface area contributed by atoms with Gasteiger partial charge in [-0.3, -0.25) is 0 Å². The van der Waals surface area contributed by atoms with Crippen LogP contribution in [-0.4, -0.2) is 16.7 Å². The van der Waals surface area contributed by atoms with Crippen LogP contribution in [0.5, 0.6) is 0 Å². The summed E-state index contributed by atoms with van der Waals surface area (Å²) in [6.45, 7) is 0. The van der Waals surface area contributed by atoms with Crippen LogP contribution in [-0.2, 0) is 0 Å². The Balaban J connectivity index is 1.03. The normalized spacial score (nSPS) is 14.1. The maximum Gasteiger partial charge on any atom is 0.159 e. The van der Waals surface area contributed by atoms with Gasteiger partial charge in [0.15, 0.2) is 5.84 Å². The number of hydrogen-bond donors (Lipinski definition) is 1. The van der Waals surface area contributed by atoms with Crippen LogP contribution in [0.15, 0.2) is 225 Å². The van der Waals surface area contributed by atoms with E-state index in [9.17, 15) is 0 Å². The summed E-state index contributed by atoms with van der Waals surface area (Å²) in [5, 5.41) is 11.1. The van der Waals surface area contributed by atoms with E-state index >= 15 is 0 Å². The van der Waals surface area contributed by atoms with Gasteiger partial charge in [-0.1, -0.05) is 176 Å². The van der Waals surface area contributed by atoms with Crippen molar-refractivity contribution in [3.05, 3.63) is 223 Å². The van der Waals surface area contributed by atoms with Gasteiger partial charge in [-0.05, 0) is 47.0 Å². The molecule has 300 valence electrons. The Morgan fingerprint density at radius 2 is 1.05 bits per heavy atom. The van der Waals surface area contributed by atoms with Crippen LogP contribution in [0.25, 0.3) is 99.1 Å². The monoisotopic (exact) mass is 820 g/mol. The van der Waals surface area contributed by atoms with Crippen LogP contribution in [0.3, 0.4) is 0 Å². The van der Waals surface area contributed by atoms with Gasteiger partial charge in [0.2, 0.25) is 0 Å². The number of nitrogens with zero attached hydrogens (tertiary/aromatic N) is 3. The minimum atomic E-state index is -0.342. The fraction of sp³-hybridized carbons (Fsp3) is 0.0172. The highest BCUT2D eigenvalue weighted by Crippen LogP contribution is 2.48. The Hall–Kier alpha value is -8.61. The molecular formula is C58H36N4O2. The highest BCUT2D eigenvalue weighted by molar-refractivity contribution is 6.30. The average molecular weight is 821 g/mol. The molecule has 1 unspecified atom stereocenters. The molecule has 4 heterocycles. The molecule has 1 atom stereocenters. The molecule has 0 saturated heterocycles. The number of para-hydroxylation sites is 4. The largest absolute Gasteiger partial charge is 0.456 e. The fourth-order valence-corrected chi connectivity index (χ4v) is 9.54. The summed E-state index contributed by atoms with van der Waals surface area (Å²) < 4.78 is 13.5. The van der Waals surface area contributed by atoms with Crippen LogP contribution in [0, 0.1) is 0 Å². The smallest absolute Gasteiger partial charge is 0.159 e. The van der Waals surface area contributed by atoms with Crippen molar-refractivity contribution < 1.29 is 8.83 Å². The zero-order valence-corrected chi connectivity index (χ0v) is 34.4. The summed E-state index contributed by atoms with van der Waals surface area (Å²) in [4.78, 5) is 15.8. The Labute approximate surface area is 367 Å². The molecule has 0 fully saturated rings. The Morgan fingerprint density at radius 3 is 1.88 bits per heavy atom. The van der Waals surface area contributed by atoms with Crippen molar-refractivity contribution in [1.82, 2.24) is 10.3 Å². The first-order valence-corrected chi connectivity index (χ1v) is 21.5. The molecule has 6 heteroatoms. The number of aliphatic imine (C=N–C) groups is 2. The second-order valence-corrected chi connectivity index (χ2v) is 16.3. The number of nitrogens with one attached hydrogen (secondary N) is 1. The Kier molecular flexibility index (Phi) is 8.18. The number of benzene rings is 9. The summed E-state index contributed by atoms with van der Waals surface area (Å²) in [7, 11) is 0. The van der Waals surface area contributed by atoms with Crippen LogP contribution >= 0.6 is 0 Å². The molecule has 1 N–H and O–H groups in total. The summed E-state index contributed by atoms with van der Waals surface area (Å²) in [5.74, 6) is 1.40. The molecule has 12 aromatic rings. The number of hydrogen-bond acceptors (Lipinski definition) is 6. The third-order valence-electron chi connectivity index (χ3n) is 12.5. The van der Waals surface area contributed by atoms with Crippen molar-refractivity contribution in [2.24, 2.45) is 9.98 Å². The third-order valence-corrected chi connectivity index (χ3v) is 12.5. The first kappa shape index (κ1) is 36.1. The number of pyridine rings is 1. The topological polar surface area (TPSA) is 75.9 Å². The van der Waals surface area contributed by atoms with Crippen molar-refractivity contribution in [3.63, 3.8) is 0 Å². The van der Waals surface area contributed by atoms with E-state index in [0.29, 0.717) is 5.84 Å². The Bertz CT molecular complexity index is 3870. The van der Waals surface area contributed by atoms with Crippen molar-refractivity contribution in [2.75, 3.05) is 0 Å². The number of rotatable bonds is 6. The summed E-state index contributed by atoms with van der Waals surface area (Å²) in [6.07, 6.45) is -0.342. The quantitative estimate of drug-likeness (QED) is 0.170. The van der Waals surface area contributed by atoms with Gasteiger partial charge >= 0.3 is 0 Å². The van der Waals surface area contributed by atoms with Crippen LogP contribution < -0.4 is 5.32 Å². The van der Waals surface area contributed by atoms with Gasteiger partial charge in [-0.2, -0.15) is 0 Å². The molecule has 1 aliphatic rings. The molecule has 3 aromatic heterocycles. The minimum absolute atomic E-state index is 0.342. The summed E-state index contributed by atoms with van der Waals surface area (Å²) >= 11 is 0. The van der Waals surface area contributed by atoms with Crippen LogP contribution in [0.1, 0.15) is 22.9 Å². The molecule has 0 bridgehead atoms. The fourth-order valence-electron chi connectivity index (χ4n) is 9.54. The molecule has 1 aliphatic heterocycles. The standard InChI is InChI=1S/C58H36N4O2/c1-3-15-35(16-4-1)36-29-31-38(32-30-36)57-60-56(37-17-5-2-6-18-37)61-58(62-57)40-20-13-19-39(33-40)54-46-34-50-52(44-23-9-12-28-49(44)63-50)53(51(46)43-22-7-10-26-47(43)59-54)45-25-14-24-42-41-21-8-11-27-48(41)64-55(42)45/h1-34,56H,(H,60,61,62). The molecule has 6 nitrogen and oxygen atoms in total. The van der Waals surface area contributed by atoms with Crippen molar-refractivity contribution in [1.29, 1.82) is 0 Å². The predicted octanol–water partition coefficient (Wildman–Crippen LogP) is 14.7. The van der Waals surface area contributed by atoms with E-state index in [1.54, 1.807) is 0 Å². The lowest BCUT2D eigenvalue weighted by molar-refractivity contribution is 0.669. The second-order valence-electron chi connectivity index (χ2n) is 16.3. The lowest BCUT2D eigenvalue weighted by atomic mass is 9.88. The molecule has 0 saturated carbocycles. The number of amidine groups is 2. The van der Waals surface area contributed by atoms with Crippen molar-refractivity contribution in [2.45, 2.75) is 6.17 Å². The second kappa shape index (κ2) is 14.5. The lowest BCUT2D eigenvalue weighted by Gasteiger charge is -2.24. The summed E-state index contributed by atoms with van der Waals surface area (Å²) in [6, 6.07) is 71.4. The van der Waals surface area contributed by atoms with E-state index in [4.69, 9.17) is 23.8 Å². The molecule has 13 rings (SSSR count). The lowest BCUT2D eigenvalue weighted by Crippen LogP contribution is -2.33. The zero-order chi connectivity index (χ0) is 42.1. The SMILES string of the molecule is c1ccc(-c2ccc(C3=NC(c4ccccc4)NC(c4cccc(-c5nc6ccccc6c6c(-c7cccc8c7oc7ccccc78)c7c(cc56)oc5ccccc57)c4)=N3)cc2)cc1. The molecule has 9 aromatic carbocycles. The maximum atomic E-state index is 6.77.